The van der Waals surface area contributed by atoms with Crippen LogP contribution in [0.1, 0.15) is 18.4 Å². The van der Waals surface area contributed by atoms with Gasteiger partial charge in [-0.2, -0.15) is 5.10 Å². The summed E-state index contributed by atoms with van der Waals surface area (Å²) in [5, 5.41) is 15.5. The second-order valence-corrected chi connectivity index (χ2v) is 3.74. The van der Waals surface area contributed by atoms with E-state index in [4.69, 9.17) is 0 Å². The lowest BCUT2D eigenvalue weighted by molar-refractivity contribution is -0.306. The van der Waals surface area contributed by atoms with E-state index in [1.54, 1.807) is 0 Å². The highest BCUT2D eigenvalue weighted by Gasteiger charge is 2.20. The zero-order valence-electron chi connectivity index (χ0n) is 9.13. The molecule has 0 aromatic heterocycles. The number of hydrogen-bond donors (Lipinski definition) is 0. The molecule has 1 aromatic rings. The number of nitrogens with zero attached hydrogens (tertiary/aromatic N) is 2. The van der Waals surface area contributed by atoms with Crippen LogP contribution in [0.2, 0.25) is 0 Å². The van der Waals surface area contributed by atoms with E-state index in [0.29, 0.717) is 6.42 Å². The molecule has 0 bridgehead atoms. The minimum Gasteiger partial charge on any atom is -0.548 e. The number of carbonyl (C=O) groups excluding carboxylic acids is 2. The summed E-state index contributed by atoms with van der Waals surface area (Å²) in [5.74, 6) is -1.59. The first kappa shape index (κ1) is 11.3. The molecule has 2 rings (SSSR count). The molecule has 0 aliphatic carbocycles. The van der Waals surface area contributed by atoms with Crippen molar-refractivity contribution in [1.82, 2.24) is 5.01 Å². The number of amides is 1. The number of carboxylic acid groups (broad SMARTS) is 1. The smallest absolute Gasteiger partial charge is 0.243 e. The van der Waals surface area contributed by atoms with Crippen LogP contribution in [0.4, 0.5) is 0 Å². The van der Waals surface area contributed by atoms with Crippen molar-refractivity contribution >= 4 is 17.6 Å². The highest BCUT2D eigenvalue weighted by molar-refractivity contribution is 6.04. The summed E-state index contributed by atoms with van der Waals surface area (Å²) >= 11 is 0. The topological polar surface area (TPSA) is 72.8 Å². The van der Waals surface area contributed by atoms with Crippen molar-refractivity contribution in [2.45, 2.75) is 12.8 Å². The molecule has 0 unspecified atom stereocenters. The van der Waals surface area contributed by atoms with Gasteiger partial charge in [-0.1, -0.05) is 30.3 Å². The Kier molecular flexibility index (Phi) is 3.18. The van der Waals surface area contributed by atoms with E-state index in [-0.39, 0.29) is 12.3 Å². The molecule has 5 heteroatoms. The third-order valence-corrected chi connectivity index (χ3v) is 2.49. The van der Waals surface area contributed by atoms with Crippen molar-refractivity contribution in [3.63, 3.8) is 0 Å². The van der Waals surface area contributed by atoms with Gasteiger partial charge in [0.15, 0.2) is 0 Å². The van der Waals surface area contributed by atoms with Crippen molar-refractivity contribution in [2.75, 3.05) is 6.54 Å². The summed E-state index contributed by atoms with van der Waals surface area (Å²) in [7, 11) is 0. The fraction of sp³-hybridized carbons (Fsp3) is 0.250. The van der Waals surface area contributed by atoms with Gasteiger partial charge in [-0.3, -0.25) is 4.79 Å². The van der Waals surface area contributed by atoms with Gasteiger partial charge < -0.3 is 9.90 Å². The number of carboxylic acids is 1. The number of carbonyl (C=O) groups is 2. The molecule has 0 fully saturated rings. The number of benzene rings is 1. The van der Waals surface area contributed by atoms with Gasteiger partial charge in [0.1, 0.15) is 0 Å². The number of hydrogen-bond acceptors (Lipinski definition) is 4. The minimum absolute atomic E-state index is 0.279. The molecule has 0 N–H and O–H groups in total. The largest absolute Gasteiger partial charge is 0.548 e. The Labute approximate surface area is 98.4 Å². The van der Waals surface area contributed by atoms with Gasteiger partial charge in [-0.25, -0.2) is 5.01 Å². The van der Waals surface area contributed by atoms with Crippen LogP contribution in [0.3, 0.4) is 0 Å². The van der Waals surface area contributed by atoms with Crippen molar-refractivity contribution < 1.29 is 14.7 Å². The van der Waals surface area contributed by atoms with E-state index >= 15 is 0 Å². The first-order chi connectivity index (χ1) is 8.16. The summed E-state index contributed by atoms with van der Waals surface area (Å²) in [4.78, 5) is 21.9. The maximum absolute atomic E-state index is 11.4. The van der Waals surface area contributed by atoms with Crippen molar-refractivity contribution in [2.24, 2.45) is 5.10 Å². The fourth-order valence-corrected chi connectivity index (χ4v) is 1.68. The fourth-order valence-electron chi connectivity index (χ4n) is 1.68. The summed E-state index contributed by atoms with van der Waals surface area (Å²) in [6.07, 6.45) is 0.813. The van der Waals surface area contributed by atoms with Gasteiger partial charge >= 0.3 is 0 Å². The van der Waals surface area contributed by atoms with Crippen LogP contribution < -0.4 is 5.11 Å². The van der Waals surface area contributed by atoms with E-state index in [2.05, 4.69) is 5.10 Å². The minimum atomic E-state index is -1.31. The average molecular weight is 231 g/mol. The number of rotatable bonds is 3. The molecule has 1 amide bonds. The average Bonchev–Trinajstić information content (AvgIpc) is 2.32. The SMILES string of the molecule is O=C([O-])CN1N=C(c2ccccc2)CCC1=O. The Morgan fingerprint density at radius 3 is 2.65 bits per heavy atom. The van der Waals surface area contributed by atoms with Crippen LogP contribution >= 0.6 is 0 Å². The van der Waals surface area contributed by atoms with Gasteiger partial charge in [0, 0.05) is 12.8 Å². The normalized spacial score (nSPS) is 15.6. The molecule has 1 aromatic carbocycles. The van der Waals surface area contributed by atoms with Crippen molar-refractivity contribution in [1.29, 1.82) is 0 Å². The number of hydrazone groups is 1. The maximum atomic E-state index is 11.4. The molecular weight excluding hydrogens is 220 g/mol. The van der Waals surface area contributed by atoms with E-state index in [1.165, 1.54) is 0 Å². The van der Waals surface area contributed by atoms with E-state index in [0.717, 1.165) is 16.3 Å². The number of aliphatic carboxylic acids is 1. The van der Waals surface area contributed by atoms with E-state index < -0.39 is 12.5 Å². The molecule has 1 heterocycles. The van der Waals surface area contributed by atoms with Gasteiger partial charge in [0.05, 0.1) is 18.2 Å². The molecule has 0 saturated heterocycles. The first-order valence-electron chi connectivity index (χ1n) is 5.30. The van der Waals surface area contributed by atoms with Crippen LogP contribution in [0.15, 0.2) is 35.4 Å². The van der Waals surface area contributed by atoms with Crippen LogP contribution in [-0.2, 0) is 9.59 Å². The summed E-state index contributed by atoms with van der Waals surface area (Å²) in [5.41, 5.74) is 1.63. The Balaban J connectivity index is 2.24. The molecule has 0 atom stereocenters. The standard InChI is InChI=1S/C12H12N2O3/c15-11-7-6-10(9-4-2-1-3-5-9)13-14(11)8-12(16)17/h1-5H,6-8H2,(H,16,17)/p-1. The lowest BCUT2D eigenvalue weighted by Gasteiger charge is -2.23. The van der Waals surface area contributed by atoms with Gasteiger partial charge in [-0.05, 0) is 5.56 Å². The second kappa shape index (κ2) is 4.78. The summed E-state index contributed by atoms with van der Waals surface area (Å²) in [6.45, 7) is -0.491. The molecule has 88 valence electrons. The van der Waals surface area contributed by atoms with Crippen molar-refractivity contribution in [3.8, 4) is 0 Å². The van der Waals surface area contributed by atoms with E-state index in [9.17, 15) is 14.7 Å². The highest BCUT2D eigenvalue weighted by atomic mass is 16.4. The second-order valence-electron chi connectivity index (χ2n) is 3.74. The monoisotopic (exact) mass is 231 g/mol. The van der Waals surface area contributed by atoms with Crippen LogP contribution in [-0.4, -0.2) is 29.1 Å². The van der Waals surface area contributed by atoms with Crippen LogP contribution in [0, 0.1) is 0 Å². The first-order valence-corrected chi connectivity index (χ1v) is 5.30. The Morgan fingerprint density at radius 2 is 2.00 bits per heavy atom. The van der Waals surface area contributed by atoms with E-state index in [1.807, 2.05) is 30.3 Å². The summed E-state index contributed by atoms with van der Waals surface area (Å²) < 4.78 is 0. The quantitative estimate of drug-likeness (QED) is 0.720. The summed E-state index contributed by atoms with van der Waals surface area (Å²) in [6, 6.07) is 9.39. The lowest BCUT2D eigenvalue weighted by Crippen LogP contribution is -2.41. The predicted octanol–water partition coefficient (Wildman–Crippen LogP) is -0.237. The van der Waals surface area contributed by atoms with Gasteiger partial charge in [0.25, 0.3) is 0 Å². The van der Waals surface area contributed by atoms with Gasteiger partial charge in [-0.15, -0.1) is 0 Å². The lowest BCUT2D eigenvalue weighted by atomic mass is 10.0. The Bertz CT molecular complexity index is 468. The molecule has 0 saturated carbocycles. The molecular formula is C12H11N2O3-. The van der Waals surface area contributed by atoms with Gasteiger partial charge in [0.2, 0.25) is 5.91 Å². The van der Waals surface area contributed by atoms with Crippen molar-refractivity contribution in [3.05, 3.63) is 35.9 Å². The maximum Gasteiger partial charge on any atom is 0.243 e. The zero-order chi connectivity index (χ0) is 12.3. The highest BCUT2D eigenvalue weighted by Crippen LogP contribution is 2.14. The molecule has 5 nitrogen and oxygen atoms in total. The van der Waals surface area contributed by atoms with Crippen LogP contribution in [0.5, 0.6) is 0 Å². The molecule has 0 spiro atoms. The molecule has 1 aliphatic heterocycles. The molecule has 17 heavy (non-hydrogen) atoms. The third kappa shape index (κ3) is 2.69. The molecule has 0 radical (unpaired) electrons. The Morgan fingerprint density at radius 1 is 1.29 bits per heavy atom. The zero-order valence-corrected chi connectivity index (χ0v) is 9.13. The molecule has 1 aliphatic rings. The third-order valence-electron chi connectivity index (χ3n) is 2.49. The Hall–Kier alpha value is -2.17. The van der Waals surface area contributed by atoms with Crippen LogP contribution in [0.25, 0.3) is 0 Å². The predicted molar refractivity (Wildman–Crippen MR) is 58.9 cm³/mol.